The summed E-state index contributed by atoms with van der Waals surface area (Å²) in [5.74, 6) is 0.722. The highest BCUT2D eigenvalue weighted by Crippen LogP contribution is 2.35. The largest absolute Gasteiger partial charge is 0.321 e. The number of hydrogen-bond acceptors (Lipinski definition) is 5. The number of carbonyl (C=O) groups excluding carboxylic acids is 1. The van der Waals surface area contributed by atoms with Crippen LogP contribution in [0.4, 0.5) is 0 Å². The number of carbonyl (C=O) groups is 1. The minimum absolute atomic E-state index is 0.171. The van der Waals surface area contributed by atoms with Gasteiger partial charge in [0.25, 0.3) is 5.91 Å². The second-order valence-corrected chi connectivity index (χ2v) is 7.89. The van der Waals surface area contributed by atoms with E-state index in [9.17, 15) is 4.79 Å². The maximum Gasteiger partial charge on any atom is 0.292 e. The molecule has 0 spiro atoms. The molecule has 0 bridgehead atoms. The second-order valence-electron chi connectivity index (χ2n) is 7.33. The number of pyridine rings is 1. The third-order valence-corrected chi connectivity index (χ3v) is 5.87. The first kappa shape index (κ1) is 18.0. The molecule has 4 aromatic heterocycles. The molecule has 2 atom stereocenters. The lowest BCUT2D eigenvalue weighted by molar-refractivity contribution is 0.0669. The minimum atomic E-state index is -0.385. The normalized spacial score (nSPS) is 16.4. The average molecular weight is 408 g/mol. The van der Waals surface area contributed by atoms with Crippen molar-refractivity contribution >= 4 is 20.8 Å². The SMILES string of the molecule is Cc1nc(C(=O)N2CCc3c(ncn3P)[C@H]2c2cc3c(C)cccn3n2)n(C)n1. The van der Waals surface area contributed by atoms with Crippen molar-refractivity contribution in [1.29, 1.82) is 0 Å². The van der Waals surface area contributed by atoms with Crippen LogP contribution in [0.15, 0.2) is 30.7 Å². The van der Waals surface area contributed by atoms with Crippen LogP contribution < -0.4 is 0 Å². The molecule has 10 heteroatoms. The van der Waals surface area contributed by atoms with Crippen molar-refractivity contribution in [3.05, 3.63) is 65.0 Å². The van der Waals surface area contributed by atoms with Crippen molar-refractivity contribution in [2.45, 2.75) is 26.3 Å². The molecule has 0 saturated heterocycles. The van der Waals surface area contributed by atoms with Crippen LogP contribution in [0.3, 0.4) is 0 Å². The molecule has 9 nitrogen and oxygen atoms in total. The van der Waals surface area contributed by atoms with Crippen molar-refractivity contribution in [3.8, 4) is 0 Å². The first-order valence-electron chi connectivity index (χ1n) is 9.38. The fourth-order valence-corrected chi connectivity index (χ4v) is 4.37. The van der Waals surface area contributed by atoms with Gasteiger partial charge in [-0.25, -0.2) is 19.2 Å². The van der Waals surface area contributed by atoms with Crippen molar-refractivity contribution in [3.63, 3.8) is 0 Å². The lowest BCUT2D eigenvalue weighted by atomic mass is 9.99. The van der Waals surface area contributed by atoms with Gasteiger partial charge in [0.15, 0.2) is 0 Å². The third kappa shape index (κ3) is 2.76. The van der Waals surface area contributed by atoms with Gasteiger partial charge in [-0.1, -0.05) is 6.07 Å². The van der Waals surface area contributed by atoms with Crippen LogP contribution in [0.1, 0.15) is 45.1 Å². The summed E-state index contributed by atoms with van der Waals surface area (Å²) in [5, 5.41) is 9.02. The van der Waals surface area contributed by atoms with E-state index in [4.69, 9.17) is 5.10 Å². The van der Waals surface area contributed by atoms with Gasteiger partial charge in [0.1, 0.15) is 11.9 Å². The van der Waals surface area contributed by atoms with Gasteiger partial charge in [-0.05, 0) is 40.9 Å². The fourth-order valence-electron chi connectivity index (χ4n) is 4.04. The molecule has 5 rings (SSSR count). The lowest BCUT2D eigenvalue weighted by Crippen LogP contribution is -2.42. The Labute approximate surface area is 169 Å². The van der Waals surface area contributed by atoms with Crippen LogP contribution in [0, 0.1) is 13.8 Å². The summed E-state index contributed by atoms with van der Waals surface area (Å²) in [4.78, 5) is 24.2. The van der Waals surface area contributed by atoms with E-state index < -0.39 is 0 Å². The molecule has 148 valence electrons. The summed E-state index contributed by atoms with van der Waals surface area (Å²) in [7, 11) is 4.40. The van der Waals surface area contributed by atoms with Gasteiger partial charge in [0.05, 0.1) is 23.2 Å². The number of aryl methyl sites for hydroxylation is 3. The molecule has 0 saturated carbocycles. The summed E-state index contributed by atoms with van der Waals surface area (Å²) in [6.45, 7) is 4.38. The molecule has 0 aliphatic carbocycles. The van der Waals surface area contributed by atoms with Crippen LogP contribution in [-0.4, -0.2) is 51.1 Å². The van der Waals surface area contributed by atoms with Gasteiger partial charge in [0.2, 0.25) is 5.82 Å². The fraction of sp³-hybridized carbons (Fsp3) is 0.316. The highest BCUT2D eigenvalue weighted by molar-refractivity contribution is 7.14. The third-order valence-electron chi connectivity index (χ3n) is 5.42. The number of fused-ring (bicyclic) bond motifs is 2. The Morgan fingerprint density at radius 3 is 2.83 bits per heavy atom. The van der Waals surface area contributed by atoms with Crippen LogP contribution in [0.25, 0.3) is 5.52 Å². The first-order chi connectivity index (χ1) is 13.9. The Balaban J connectivity index is 1.67. The Hall–Kier alpha value is -3.06. The van der Waals surface area contributed by atoms with Gasteiger partial charge < -0.3 is 9.24 Å². The van der Waals surface area contributed by atoms with E-state index >= 15 is 0 Å². The average Bonchev–Trinajstić information content (AvgIpc) is 3.38. The molecule has 0 radical (unpaired) electrons. The number of imidazole rings is 1. The van der Waals surface area contributed by atoms with E-state index in [0.717, 1.165) is 28.2 Å². The Morgan fingerprint density at radius 1 is 1.28 bits per heavy atom. The zero-order valence-corrected chi connectivity index (χ0v) is 17.6. The molecule has 1 aliphatic rings. The molecule has 0 N–H and O–H groups in total. The predicted molar refractivity (Wildman–Crippen MR) is 110 cm³/mol. The zero-order valence-electron chi connectivity index (χ0n) is 16.4. The molecule has 4 aromatic rings. The smallest absolute Gasteiger partial charge is 0.292 e. The van der Waals surface area contributed by atoms with Gasteiger partial charge >= 0.3 is 0 Å². The van der Waals surface area contributed by atoms with E-state index in [1.54, 1.807) is 25.2 Å². The molecule has 29 heavy (non-hydrogen) atoms. The van der Waals surface area contributed by atoms with Crippen LogP contribution in [0.5, 0.6) is 0 Å². The highest BCUT2D eigenvalue weighted by Gasteiger charge is 2.38. The zero-order chi connectivity index (χ0) is 20.3. The standard InChI is InChI=1S/C19H21N8OP/c1-11-5-4-7-26-15(11)9-13(23-26)17-16-14(27(29)10-20-16)6-8-25(17)19(28)18-21-12(2)22-24(18)3/h4-5,7,9-10,17H,6,8,29H2,1-3H3/t17-/m1/s1. The van der Waals surface area contributed by atoms with Crippen LogP contribution in [0.2, 0.25) is 0 Å². The quantitative estimate of drug-likeness (QED) is 0.472. The summed E-state index contributed by atoms with van der Waals surface area (Å²) in [5.41, 5.74) is 4.87. The van der Waals surface area contributed by atoms with E-state index in [-0.39, 0.29) is 11.9 Å². The van der Waals surface area contributed by atoms with E-state index in [0.29, 0.717) is 24.6 Å². The molecular formula is C19H21N8OP. The maximum atomic E-state index is 13.4. The van der Waals surface area contributed by atoms with Gasteiger partial charge in [-0.2, -0.15) is 10.2 Å². The number of aromatic nitrogens is 7. The van der Waals surface area contributed by atoms with E-state index in [1.165, 1.54) is 4.68 Å². The van der Waals surface area contributed by atoms with Crippen molar-refractivity contribution in [2.75, 3.05) is 6.54 Å². The van der Waals surface area contributed by atoms with Crippen molar-refractivity contribution in [2.24, 2.45) is 7.05 Å². The Kier molecular flexibility index (Phi) is 4.03. The number of nitrogens with zero attached hydrogens (tertiary/aromatic N) is 8. The molecule has 1 amide bonds. The van der Waals surface area contributed by atoms with Crippen LogP contribution >= 0.6 is 9.39 Å². The number of hydrogen-bond donors (Lipinski definition) is 0. The second kappa shape index (κ2) is 6.49. The van der Waals surface area contributed by atoms with Crippen LogP contribution in [-0.2, 0) is 13.5 Å². The maximum absolute atomic E-state index is 13.4. The van der Waals surface area contributed by atoms with E-state index in [1.807, 2.05) is 27.2 Å². The summed E-state index contributed by atoms with van der Waals surface area (Å²) < 4.78 is 5.33. The summed E-state index contributed by atoms with van der Waals surface area (Å²) in [6, 6.07) is 5.67. The summed E-state index contributed by atoms with van der Waals surface area (Å²) >= 11 is 0. The molecule has 0 aromatic carbocycles. The van der Waals surface area contributed by atoms with Gasteiger partial charge in [0, 0.05) is 31.9 Å². The lowest BCUT2D eigenvalue weighted by Gasteiger charge is -2.33. The monoisotopic (exact) mass is 408 g/mol. The van der Waals surface area contributed by atoms with Crippen molar-refractivity contribution in [1.82, 2.24) is 38.6 Å². The Bertz CT molecular complexity index is 1250. The topological polar surface area (TPSA) is 86.1 Å². The Morgan fingerprint density at radius 2 is 2.10 bits per heavy atom. The molecule has 5 heterocycles. The summed E-state index contributed by atoms with van der Waals surface area (Å²) in [6.07, 6.45) is 4.40. The molecular weight excluding hydrogens is 387 g/mol. The minimum Gasteiger partial charge on any atom is -0.321 e. The predicted octanol–water partition coefficient (Wildman–Crippen LogP) is 1.70. The van der Waals surface area contributed by atoms with Gasteiger partial charge in [-0.15, -0.1) is 0 Å². The van der Waals surface area contributed by atoms with Gasteiger partial charge in [-0.3, -0.25) is 4.79 Å². The van der Waals surface area contributed by atoms with Crippen molar-refractivity contribution < 1.29 is 4.79 Å². The molecule has 1 unspecified atom stereocenters. The van der Waals surface area contributed by atoms with E-state index in [2.05, 4.69) is 37.4 Å². The molecule has 1 aliphatic heterocycles. The molecule has 0 fully saturated rings. The first-order valence-corrected chi connectivity index (χ1v) is 9.90. The number of amides is 1. The number of rotatable bonds is 2. The highest BCUT2D eigenvalue weighted by atomic mass is 31.0.